The van der Waals surface area contributed by atoms with Crippen LogP contribution in [0.4, 0.5) is 0 Å². The Kier molecular flexibility index (Phi) is 4.37. The second-order valence-corrected chi connectivity index (χ2v) is 9.76. The summed E-state index contributed by atoms with van der Waals surface area (Å²) in [6.45, 7) is 1.68. The van der Waals surface area contributed by atoms with Crippen LogP contribution in [0, 0.1) is 0 Å². The van der Waals surface area contributed by atoms with Gasteiger partial charge in [0, 0.05) is 18.1 Å². The van der Waals surface area contributed by atoms with Gasteiger partial charge in [-0.2, -0.15) is 4.31 Å². The molecule has 1 aromatic heterocycles. The van der Waals surface area contributed by atoms with Crippen LogP contribution in [0.2, 0.25) is 0 Å². The van der Waals surface area contributed by atoms with E-state index in [1.54, 1.807) is 31.2 Å². The van der Waals surface area contributed by atoms with Gasteiger partial charge in [0.25, 0.3) is 0 Å². The molecule has 2 heterocycles. The van der Waals surface area contributed by atoms with Crippen LogP contribution in [0.15, 0.2) is 41.4 Å². The Morgan fingerprint density at radius 1 is 1.25 bits per heavy atom. The lowest BCUT2D eigenvalue weighted by Gasteiger charge is -2.28. The Bertz CT molecular complexity index is 967. The largest absolute Gasteiger partial charge is 0.390 e. The summed E-state index contributed by atoms with van der Waals surface area (Å²) in [4.78, 5) is 4.16. The van der Waals surface area contributed by atoms with Crippen LogP contribution in [0.3, 0.4) is 0 Å². The molecule has 7 nitrogen and oxygen atoms in total. The zero-order valence-electron chi connectivity index (χ0n) is 13.0. The number of hydrogen-bond acceptors (Lipinski definition) is 6. The number of aromatic nitrogens is 1. The zero-order valence-corrected chi connectivity index (χ0v) is 14.7. The normalized spacial score (nSPS) is 23.8. The Labute approximate surface area is 140 Å². The van der Waals surface area contributed by atoms with Crippen molar-refractivity contribution in [3.63, 3.8) is 0 Å². The number of aliphatic hydroxyl groups is 1. The van der Waals surface area contributed by atoms with E-state index in [2.05, 4.69) is 4.98 Å². The molecular formula is C15H18N2O5S2. The third kappa shape index (κ3) is 2.92. The lowest BCUT2D eigenvalue weighted by molar-refractivity contribution is 0.130. The molecule has 1 aromatic carbocycles. The standard InChI is InChI=1S/C15H18N2O5S2/c1-2-17(12-9-23(19,20)10-13(12)18)24(21,22)14-7-3-5-11-6-4-8-16-15(11)14/h3-8,12-13,18H,2,9-10H2,1H3/t12-,13-/m0/s1. The van der Waals surface area contributed by atoms with Gasteiger partial charge < -0.3 is 5.11 Å². The topological polar surface area (TPSA) is 105 Å². The van der Waals surface area contributed by atoms with E-state index in [0.29, 0.717) is 10.9 Å². The second kappa shape index (κ2) is 6.07. The lowest BCUT2D eigenvalue weighted by atomic mass is 10.2. The summed E-state index contributed by atoms with van der Waals surface area (Å²) in [5.74, 6) is -0.795. The number of benzene rings is 1. The minimum atomic E-state index is -4.00. The Balaban J connectivity index is 2.11. The summed E-state index contributed by atoms with van der Waals surface area (Å²) in [6.07, 6.45) is 0.277. The molecule has 0 amide bonds. The minimum Gasteiger partial charge on any atom is -0.390 e. The maximum absolute atomic E-state index is 13.1. The fourth-order valence-corrected chi connectivity index (χ4v) is 6.80. The Hall–Kier alpha value is -1.55. The highest BCUT2D eigenvalue weighted by Crippen LogP contribution is 2.28. The number of pyridine rings is 1. The molecule has 1 N–H and O–H groups in total. The second-order valence-electron chi connectivity index (χ2n) is 5.75. The quantitative estimate of drug-likeness (QED) is 0.835. The molecule has 1 aliphatic heterocycles. The van der Waals surface area contributed by atoms with E-state index in [0.717, 1.165) is 4.31 Å². The van der Waals surface area contributed by atoms with Crippen molar-refractivity contribution in [2.75, 3.05) is 18.1 Å². The fourth-order valence-electron chi connectivity index (χ4n) is 3.08. The van der Waals surface area contributed by atoms with Crippen molar-refractivity contribution in [3.8, 4) is 0 Å². The number of hydrogen-bond donors (Lipinski definition) is 1. The molecule has 0 saturated carbocycles. The number of fused-ring (bicyclic) bond motifs is 1. The van der Waals surface area contributed by atoms with Crippen molar-refractivity contribution in [1.82, 2.24) is 9.29 Å². The molecule has 130 valence electrons. The molecule has 1 saturated heterocycles. The summed E-state index contributed by atoms with van der Waals surface area (Å²) in [6, 6.07) is 7.31. The van der Waals surface area contributed by atoms with Crippen molar-refractivity contribution in [2.24, 2.45) is 0 Å². The molecule has 2 aromatic rings. The molecule has 2 atom stereocenters. The zero-order chi connectivity index (χ0) is 17.5. The summed E-state index contributed by atoms with van der Waals surface area (Å²) in [5.41, 5.74) is 0.328. The number of rotatable bonds is 4. The molecule has 9 heteroatoms. The van der Waals surface area contributed by atoms with Gasteiger partial charge in [0.15, 0.2) is 9.84 Å². The fraction of sp³-hybridized carbons (Fsp3) is 0.400. The third-order valence-electron chi connectivity index (χ3n) is 4.16. The summed E-state index contributed by atoms with van der Waals surface area (Å²) >= 11 is 0. The van der Waals surface area contributed by atoms with E-state index in [1.807, 2.05) is 0 Å². The van der Waals surface area contributed by atoms with Crippen LogP contribution < -0.4 is 0 Å². The molecule has 1 aliphatic rings. The highest BCUT2D eigenvalue weighted by Gasteiger charge is 2.44. The van der Waals surface area contributed by atoms with Crippen molar-refractivity contribution < 1.29 is 21.9 Å². The number of nitrogens with zero attached hydrogens (tertiary/aromatic N) is 2. The monoisotopic (exact) mass is 370 g/mol. The lowest BCUT2D eigenvalue weighted by Crippen LogP contribution is -2.46. The van der Waals surface area contributed by atoms with E-state index < -0.39 is 37.8 Å². The first-order valence-electron chi connectivity index (χ1n) is 7.50. The average Bonchev–Trinajstić information content (AvgIpc) is 2.80. The molecule has 0 bridgehead atoms. The average molecular weight is 370 g/mol. The number of likely N-dealkylation sites (N-methyl/N-ethyl adjacent to an activating group) is 1. The maximum atomic E-state index is 13.1. The SMILES string of the molecule is CCN([C@H]1CS(=O)(=O)C[C@@H]1O)S(=O)(=O)c1cccc2cccnc12. The van der Waals surface area contributed by atoms with Gasteiger partial charge in [0.05, 0.1) is 29.2 Å². The van der Waals surface area contributed by atoms with Crippen LogP contribution in [0.1, 0.15) is 6.92 Å². The Morgan fingerprint density at radius 2 is 1.96 bits per heavy atom. The predicted octanol–water partition coefficient (Wildman–Crippen LogP) is 0.403. The number of para-hydroxylation sites is 1. The Morgan fingerprint density at radius 3 is 2.58 bits per heavy atom. The first-order chi connectivity index (χ1) is 11.3. The third-order valence-corrected chi connectivity index (χ3v) is 7.89. The smallest absolute Gasteiger partial charge is 0.245 e. The van der Waals surface area contributed by atoms with Crippen molar-refractivity contribution in [3.05, 3.63) is 36.5 Å². The highest BCUT2D eigenvalue weighted by atomic mass is 32.2. The van der Waals surface area contributed by atoms with Crippen molar-refractivity contribution >= 4 is 30.8 Å². The van der Waals surface area contributed by atoms with Crippen LogP contribution in [-0.2, 0) is 19.9 Å². The molecule has 3 rings (SSSR count). The van der Waals surface area contributed by atoms with Gasteiger partial charge in [-0.1, -0.05) is 25.1 Å². The van der Waals surface area contributed by atoms with Gasteiger partial charge in [-0.3, -0.25) is 4.98 Å². The van der Waals surface area contributed by atoms with Crippen LogP contribution in [-0.4, -0.2) is 61.4 Å². The first kappa shape index (κ1) is 17.3. The minimum absolute atomic E-state index is 0.0129. The first-order valence-corrected chi connectivity index (χ1v) is 10.8. The van der Waals surface area contributed by atoms with E-state index in [9.17, 15) is 21.9 Å². The molecule has 0 aliphatic carbocycles. The van der Waals surface area contributed by atoms with E-state index in [-0.39, 0.29) is 17.2 Å². The summed E-state index contributed by atoms with van der Waals surface area (Å²) < 4.78 is 50.8. The van der Waals surface area contributed by atoms with Gasteiger partial charge in [0.1, 0.15) is 4.90 Å². The van der Waals surface area contributed by atoms with Crippen LogP contribution in [0.5, 0.6) is 0 Å². The van der Waals surface area contributed by atoms with Gasteiger partial charge >= 0.3 is 0 Å². The summed E-state index contributed by atoms with van der Waals surface area (Å²) in [5, 5.41) is 10.7. The number of aliphatic hydroxyl groups excluding tert-OH is 1. The molecule has 24 heavy (non-hydrogen) atoms. The number of sulfone groups is 1. The molecule has 0 unspecified atom stereocenters. The molecule has 0 spiro atoms. The molecule has 0 radical (unpaired) electrons. The number of sulfonamides is 1. The van der Waals surface area contributed by atoms with Gasteiger partial charge in [-0.05, 0) is 12.1 Å². The van der Waals surface area contributed by atoms with Crippen LogP contribution >= 0.6 is 0 Å². The van der Waals surface area contributed by atoms with Gasteiger partial charge in [-0.25, -0.2) is 16.8 Å². The van der Waals surface area contributed by atoms with Gasteiger partial charge in [0.2, 0.25) is 10.0 Å². The van der Waals surface area contributed by atoms with E-state index in [1.165, 1.54) is 12.3 Å². The van der Waals surface area contributed by atoms with Crippen LogP contribution in [0.25, 0.3) is 10.9 Å². The van der Waals surface area contributed by atoms with E-state index in [4.69, 9.17) is 0 Å². The van der Waals surface area contributed by atoms with Crippen molar-refractivity contribution in [1.29, 1.82) is 0 Å². The van der Waals surface area contributed by atoms with Crippen molar-refractivity contribution in [2.45, 2.75) is 24.0 Å². The molecular weight excluding hydrogens is 352 g/mol. The van der Waals surface area contributed by atoms with Gasteiger partial charge in [-0.15, -0.1) is 0 Å². The highest BCUT2D eigenvalue weighted by molar-refractivity contribution is 7.92. The predicted molar refractivity (Wildman–Crippen MR) is 89.8 cm³/mol. The summed E-state index contributed by atoms with van der Waals surface area (Å²) in [7, 11) is -7.45. The van der Waals surface area contributed by atoms with E-state index >= 15 is 0 Å². The maximum Gasteiger partial charge on any atom is 0.245 e. The molecule has 1 fully saturated rings.